The molecule has 0 aliphatic rings. The van der Waals surface area contributed by atoms with E-state index >= 15 is 0 Å². The third kappa shape index (κ3) is 1.56. The van der Waals surface area contributed by atoms with Crippen LogP contribution in [0.25, 0.3) is 21.6 Å². The molecule has 0 radical (unpaired) electrons. The minimum atomic E-state index is 0.696. The Balaban J connectivity index is 2.34. The Morgan fingerprint density at radius 2 is 2.00 bits per heavy atom. The van der Waals surface area contributed by atoms with Crippen molar-refractivity contribution in [3.63, 3.8) is 0 Å². The van der Waals surface area contributed by atoms with Crippen molar-refractivity contribution in [2.75, 3.05) is 0 Å². The zero-order valence-corrected chi connectivity index (χ0v) is 9.94. The number of nitrogens with one attached hydrogen (secondary N) is 1. The molecule has 1 aromatic carbocycles. The van der Waals surface area contributed by atoms with Crippen LogP contribution in [0.15, 0.2) is 41.8 Å². The van der Waals surface area contributed by atoms with Crippen LogP contribution in [0.5, 0.6) is 0 Å². The number of H-pyrrole nitrogens is 1. The quantitative estimate of drug-likeness (QED) is 0.655. The third-order valence-electron chi connectivity index (χ3n) is 2.35. The maximum Gasteiger partial charge on any atom is 0.131 e. The van der Waals surface area contributed by atoms with Gasteiger partial charge in [0.2, 0.25) is 0 Å². The summed E-state index contributed by atoms with van der Waals surface area (Å²) >= 11 is 6.97. The Hall–Kier alpha value is -1.52. The Labute approximate surface area is 102 Å². The summed E-state index contributed by atoms with van der Waals surface area (Å²) in [7, 11) is 0. The first-order valence-electron chi connectivity index (χ1n) is 4.87. The fraction of sp³-hybridized carbons (Fsp3) is 0. The van der Waals surface area contributed by atoms with Crippen molar-refractivity contribution in [1.29, 1.82) is 0 Å². The van der Waals surface area contributed by atoms with Crippen molar-refractivity contribution >= 4 is 34.6 Å². The summed E-state index contributed by atoms with van der Waals surface area (Å²) in [4.78, 5) is 8.90. The minimum absolute atomic E-state index is 0.696. The molecule has 0 spiro atoms. The number of benzene rings is 1. The molecule has 0 aliphatic carbocycles. The number of hydrogen-bond acceptors (Lipinski definition) is 3. The molecule has 2 nitrogen and oxygen atoms in total. The van der Waals surface area contributed by atoms with E-state index in [0.717, 1.165) is 21.6 Å². The Morgan fingerprint density at radius 1 is 1.12 bits per heavy atom. The molecule has 2 heterocycles. The highest BCUT2D eigenvalue weighted by atomic mass is 32.1. The molecule has 3 rings (SSSR count). The van der Waals surface area contributed by atoms with Gasteiger partial charge in [0.15, 0.2) is 0 Å². The van der Waals surface area contributed by atoms with Gasteiger partial charge in [0.1, 0.15) is 10.3 Å². The molecule has 0 amide bonds. The number of nitrogens with zero attached hydrogens (tertiary/aromatic N) is 1. The first-order valence-corrected chi connectivity index (χ1v) is 6.16. The Bertz CT molecular complexity index is 684. The maximum absolute atomic E-state index is 5.32. The van der Waals surface area contributed by atoms with E-state index in [2.05, 4.69) is 9.97 Å². The predicted molar refractivity (Wildman–Crippen MR) is 70.2 cm³/mol. The number of hydrogen-bond donors (Lipinski definition) is 1. The average molecular weight is 244 g/mol. The topological polar surface area (TPSA) is 28.7 Å². The summed E-state index contributed by atoms with van der Waals surface area (Å²) in [6.07, 6.45) is 0. The molecular weight excluding hydrogens is 236 g/mol. The van der Waals surface area contributed by atoms with Crippen LogP contribution in [0.4, 0.5) is 0 Å². The molecule has 3 aromatic rings. The van der Waals surface area contributed by atoms with Gasteiger partial charge in [-0.2, -0.15) is 0 Å². The van der Waals surface area contributed by atoms with E-state index in [9.17, 15) is 0 Å². The lowest BCUT2D eigenvalue weighted by atomic mass is 10.3. The summed E-state index contributed by atoms with van der Waals surface area (Å²) in [5.41, 5.74) is 2.79. The standard InChI is InChI=1S/C12H8N2S2/c15-12-11(10-6-3-7-16-10)13-8-4-1-2-5-9(8)14-12/h1-7H,(H,14,15). The van der Waals surface area contributed by atoms with E-state index in [0.29, 0.717) is 4.64 Å². The van der Waals surface area contributed by atoms with Crippen molar-refractivity contribution in [1.82, 2.24) is 9.97 Å². The van der Waals surface area contributed by atoms with Crippen LogP contribution in [0, 0.1) is 4.64 Å². The number of thiophene rings is 1. The minimum Gasteiger partial charge on any atom is -0.343 e. The molecule has 16 heavy (non-hydrogen) atoms. The van der Waals surface area contributed by atoms with Gasteiger partial charge < -0.3 is 4.98 Å². The van der Waals surface area contributed by atoms with Crippen LogP contribution in [0.3, 0.4) is 0 Å². The van der Waals surface area contributed by atoms with Gasteiger partial charge >= 0.3 is 0 Å². The summed E-state index contributed by atoms with van der Waals surface area (Å²) in [5, 5.41) is 2.03. The van der Waals surface area contributed by atoms with E-state index in [1.54, 1.807) is 11.3 Å². The van der Waals surface area contributed by atoms with Crippen molar-refractivity contribution in [3.05, 3.63) is 46.4 Å². The van der Waals surface area contributed by atoms with Gasteiger partial charge in [0, 0.05) is 0 Å². The molecule has 0 atom stereocenters. The second-order valence-electron chi connectivity index (χ2n) is 3.41. The lowest BCUT2D eigenvalue weighted by Gasteiger charge is -2.01. The van der Waals surface area contributed by atoms with Crippen molar-refractivity contribution < 1.29 is 0 Å². The van der Waals surface area contributed by atoms with Crippen molar-refractivity contribution in [3.8, 4) is 10.6 Å². The molecular formula is C12H8N2S2. The monoisotopic (exact) mass is 244 g/mol. The van der Waals surface area contributed by atoms with Crippen LogP contribution in [-0.4, -0.2) is 9.97 Å². The zero-order valence-electron chi connectivity index (χ0n) is 8.31. The maximum atomic E-state index is 5.32. The van der Waals surface area contributed by atoms with Crippen molar-refractivity contribution in [2.24, 2.45) is 0 Å². The van der Waals surface area contributed by atoms with Gasteiger partial charge in [-0.05, 0) is 23.6 Å². The highest BCUT2D eigenvalue weighted by Gasteiger charge is 2.04. The smallest absolute Gasteiger partial charge is 0.131 e. The lowest BCUT2D eigenvalue weighted by Crippen LogP contribution is -1.88. The van der Waals surface area contributed by atoms with Crippen LogP contribution >= 0.6 is 23.6 Å². The van der Waals surface area contributed by atoms with Crippen LogP contribution < -0.4 is 0 Å². The number of aromatic amines is 1. The third-order valence-corrected chi connectivity index (χ3v) is 3.53. The van der Waals surface area contributed by atoms with E-state index in [1.807, 2.05) is 41.8 Å². The zero-order chi connectivity index (χ0) is 11.0. The predicted octanol–water partition coefficient (Wildman–Crippen LogP) is 4.02. The number of rotatable bonds is 1. The fourth-order valence-corrected chi connectivity index (χ4v) is 2.66. The summed E-state index contributed by atoms with van der Waals surface area (Å²) < 4.78 is 0.696. The molecule has 1 N–H and O–H groups in total. The first kappa shape index (κ1) is 9.69. The Kier molecular flexibility index (Phi) is 2.31. The van der Waals surface area contributed by atoms with Gasteiger partial charge in [-0.1, -0.05) is 30.4 Å². The van der Waals surface area contributed by atoms with Gasteiger partial charge in [-0.3, -0.25) is 0 Å². The molecule has 0 saturated carbocycles. The average Bonchev–Trinajstić information content (AvgIpc) is 2.81. The summed E-state index contributed by atoms with van der Waals surface area (Å²) in [6.45, 7) is 0. The largest absolute Gasteiger partial charge is 0.343 e. The molecule has 0 saturated heterocycles. The first-order chi connectivity index (χ1) is 7.84. The van der Waals surface area contributed by atoms with E-state index in [4.69, 9.17) is 12.2 Å². The molecule has 0 fully saturated rings. The molecule has 0 bridgehead atoms. The summed E-state index contributed by atoms with van der Waals surface area (Å²) in [5.74, 6) is 0. The number of fused-ring (bicyclic) bond motifs is 1. The number of aromatic nitrogens is 2. The van der Waals surface area contributed by atoms with Crippen LogP contribution in [-0.2, 0) is 0 Å². The molecule has 78 valence electrons. The summed E-state index contributed by atoms with van der Waals surface area (Å²) in [6, 6.07) is 12.0. The van der Waals surface area contributed by atoms with E-state index < -0.39 is 0 Å². The fourth-order valence-electron chi connectivity index (χ4n) is 1.61. The van der Waals surface area contributed by atoms with Crippen molar-refractivity contribution in [2.45, 2.75) is 0 Å². The second kappa shape index (κ2) is 3.81. The highest BCUT2D eigenvalue weighted by molar-refractivity contribution is 7.71. The number of para-hydroxylation sites is 2. The van der Waals surface area contributed by atoms with Gasteiger partial charge in [0.05, 0.1) is 15.9 Å². The lowest BCUT2D eigenvalue weighted by molar-refractivity contribution is 1.28. The van der Waals surface area contributed by atoms with Gasteiger partial charge in [0.25, 0.3) is 0 Å². The van der Waals surface area contributed by atoms with Crippen LogP contribution in [0.2, 0.25) is 0 Å². The molecule has 4 heteroatoms. The normalized spacial score (nSPS) is 10.8. The van der Waals surface area contributed by atoms with E-state index in [-0.39, 0.29) is 0 Å². The van der Waals surface area contributed by atoms with E-state index in [1.165, 1.54) is 0 Å². The molecule has 0 aliphatic heterocycles. The second-order valence-corrected chi connectivity index (χ2v) is 4.76. The van der Waals surface area contributed by atoms with Crippen LogP contribution in [0.1, 0.15) is 0 Å². The Morgan fingerprint density at radius 3 is 2.81 bits per heavy atom. The van der Waals surface area contributed by atoms with Gasteiger partial charge in [-0.15, -0.1) is 11.3 Å². The molecule has 0 unspecified atom stereocenters. The highest BCUT2D eigenvalue weighted by Crippen LogP contribution is 2.24. The van der Waals surface area contributed by atoms with Gasteiger partial charge in [-0.25, -0.2) is 4.98 Å². The molecule has 2 aromatic heterocycles. The SMILES string of the molecule is S=c1[nH]c2ccccc2nc1-c1cccs1.